The molecular weight excluding hydrogens is 524 g/mol. The molecule has 3 rings (SSSR count). The topological polar surface area (TPSA) is 91.2 Å². The van der Waals surface area contributed by atoms with Crippen LogP contribution in [0.25, 0.3) is 14.9 Å². The number of nitrogens with zero attached hydrogens (tertiary/aromatic N) is 3. The van der Waals surface area contributed by atoms with Crippen molar-refractivity contribution in [3.8, 4) is 0 Å². The van der Waals surface area contributed by atoms with Gasteiger partial charge in [-0.25, -0.2) is 26.0 Å². The van der Waals surface area contributed by atoms with E-state index >= 15 is 0 Å². The molecule has 7 nitrogen and oxygen atoms in total. The molecule has 0 bridgehead atoms. The molecule has 0 fully saturated rings. The Morgan fingerprint density at radius 2 is 1.46 bits per heavy atom. The van der Waals surface area contributed by atoms with Crippen LogP contribution in [-0.2, 0) is 33.1 Å². The van der Waals surface area contributed by atoms with Crippen molar-refractivity contribution in [2.75, 3.05) is 0 Å². The molecule has 0 spiro atoms. The van der Waals surface area contributed by atoms with E-state index in [9.17, 15) is 43.2 Å². The Morgan fingerprint density at radius 1 is 0.886 bits per heavy atom. The van der Waals surface area contributed by atoms with Crippen LogP contribution in [0.5, 0.6) is 0 Å². The molecule has 3 aromatic rings. The van der Waals surface area contributed by atoms with E-state index < -0.39 is 31.1 Å². The molecular formula is C20H21F6N3O4S2. The summed E-state index contributed by atoms with van der Waals surface area (Å²) in [6.07, 6.45) is 9.01. The monoisotopic (exact) mass is 545 g/mol. The summed E-state index contributed by atoms with van der Waals surface area (Å²) in [6.45, 7) is 4.27. The third-order valence-corrected chi connectivity index (χ3v) is 7.27. The first-order valence-corrected chi connectivity index (χ1v) is 12.8. The number of imidazole rings is 1. The summed E-state index contributed by atoms with van der Waals surface area (Å²) in [5.74, 6) is 0. The lowest BCUT2D eigenvalue weighted by Gasteiger charge is -2.22. The van der Waals surface area contributed by atoms with Gasteiger partial charge in [-0.15, -0.1) is 0 Å². The zero-order valence-electron chi connectivity index (χ0n) is 18.2. The van der Waals surface area contributed by atoms with Gasteiger partial charge in [0.25, 0.3) is 0 Å². The summed E-state index contributed by atoms with van der Waals surface area (Å²) in [4.78, 5) is 0. The minimum atomic E-state index is -6.72. The van der Waals surface area contributed by atoms with Gasteiger partial charge in [0.05, 0.1) is 6.54 Å². The molecule has 15 heteroatoms. The third kappa shape index (κ3) is 7.67. The maximum Gasteiger partial charge on any atom is 0.480 e. The number of hydrogen-bond donors (Lipinski definition) is 0. The molecule has 35 heavy (non-hydrogen) atoms. The van der Waals surface area contributed by atoms with E-state index in [0.29, 0.717) is 0 Å². The molecule has 0 unspecified atom stereocenters. The molecule has 0 radical (unpaired) electrons. The lowest BCUT2D eigenvalue weighted by molar-refractivity contribution is -0.687. The molecule has 0 aliphatic carbocycles. The summed E-state index contributed by atoms with van der Waals surface area (Å²) in [5.41, 5.74) is -11.0. The van der Waals surface area contributed by atoms with Crippen molar-refractivity contribution in [1.82, 2.24) is 4.57 Å². The van der Waals surface area contributed by atoms with Crippen LogP contribution >= 0.6 is 0 Å². The molecule has 0 atom stereocenters. The van der Waals surface area contributed by atoms with Crippen molar-refractivity contribution in [3.63, 3.8) is 0 Å². The Morgan fingerprint density at radius 3 is 2.03 bits per heavy atom. The second-order valence-electron chi connectivity index (χ2n) is 7.23. The number of sulfonamides is 2. The van der Waals surface area contributed by atoms with Crippen molar-refractivity contribution < 1.29 is 47.7 Å². The molecule has 0 saturated heterocycles. The predicted octanol–water partition coefficient (Wildman–Crippen LogP) is 4.84. The van der Waals surface area contributed by atoms with Crippen LogP contribution in [-0.4, -0.2) is 32.4 Å². The van der Waals surface area contributed by atoms with Gasteiger partial charge in [-0.1, -0.05) is 55.8 Å². The fourth-order valence-corrected chi connectivity index (χ4v) is 4.56. The first kappa shape index (κ1) is 28.6. The van der Waals surface area contributed by atoms with Crippen LogP contribution < -0.4 is 4.57 Å². The Hall–Kier alpha value is -2.65. The average Bonchev–Trinajstić information content (AvgIpc) is 3.18. The van der Waals surface area contributed by atoms with Gasteiger partial charge in [-0.2, -0.15) is 26.3 Å². The molecule has 1 aromatic heterocycles. The van der Waals surface area contributed by atoms with Crippen LogP contribution in [0.3, 0.4) is 0 Å². The number of alkyl halides is 6. The Kier molecular flexibility index (Phi) is 8.94. The highest BCUT2D eigenvalue weighted by molar-refractivity contribution is 8.13. The van der Waals surface area contributed by atoms with E-state index in [0.717, 1.165) is 17.2 Å². The quantitative estimate of drug-likeness (QED) is 0.314. The fourth-order valence-electron chi connectivity index (χ4n) is 2.85. The zero-order valence-corrected chi connectivity index (χ0v) is 19.8. The summed E-state index contributed by atoms with van der Waals surface area (Å²) in [7, 11) is -13.4. The van der Waals surface area contributed by atoms with E-state index in [-0.39, 0.29) is 0 Å². The lowest BCUT2D eigenvalue weighted by Crippen LogP contribution is -2.31. The van der Waals surface area contributed by atoms with Crippen LogP contribution in [0.4, 0.5) is 26.3 Å². The zero-order chi connectivity index (χ0) is 26.5. The highest BCUT2D eigenvalue weighted by Crippen LogP contribution is 2.36. The number of halogens is 6. The van der Waals surface area contributed by atoms with Gasteiger partial charge in [0.2, 0.25) is 6.33 Å². The normalized spacial score (nSPS) is 12.9. The van der Waals surface area contributed by atoms with Crippen LogP contribution in [0.1, 0.15) is 25.3 Å². The van der Waals surface area contributed by atoms with Gasteiger partial charge in [-0.05, 0) is 17.2 Å². The number of aryl methyl sites for hydroxylation is 1. The molecule has 0 aliphatic heterocycles. The van der Waals surface area contributed by atoms with Crippen molar-refractivity contribution in [2.24, 2.45) is 0 Å². The molecule has 194 valence electrons. The van der Waals surface area contributed by atoms with E-state index in [2.05, 4.69) is 77.2 Å². The van der Waals surface area contributed by atoms with Gasteiger partial charge in [0.15, 0.2) is 20.0 Å². The maximum absolute atomic E-state index is 11.4. The standard InChI is InChI=1S/C18H21N2.C2F6NO4S2/c1-2-3-11-19-12-13-20(15-19)14-17-9-6-8-16-7-4-5-10-18(16)17;3-1(4,5)14(10,11)9-15(12,13)2(6,7)8/h4-10,12-13,15H,2-3,11,14H2,1H3;/q+1;-1. The number of fused-ring (bicyclic) bond motifs is 1. The number of aromatic nitrogens is 2. The van der Waals surface area contributed by atoms with Gasteiger partial charge in [0, 0.05) is 5.56 Å². The first-order chi connectivity index (χ1) is 16.1. The van der Waals surface area contributed by atoms with Crippen molar-refractivity contribution in [2.45, 2.75) is 43.9 Å². The highest BCUT2D eigenvalue weighted by Gasteiger charge is 2.46. The lowest BCUT2D eigenvalue weighted by atomic mass is 10.0. The largest absolute Gasteiger partial charge is 0.480 e. The third-order valence-electron chi connectivity index (χ3n) is 4.53. The summed E-state index contributed by atoms with van der Waals surface area (Å²) < 4.78 is 114. The van der Waals surface area contributed by atoms with Gasteiger partial charge in [0.1, 0.15) is 18.9 Å². The van der Waals surface area contributed by atoms with Crippen molar-refractivity contribution in [3.05, 3.63) is 70.9 Å². The van der Waals surface area contributed by atoms with Crippen LogP contribution in [0.2, 0.25) is 0 Å². The first-order valence-electron chi connectivity index (χ1n) is 9.95. The second-order valence-corrected chi connectivity index (χ2v) is 10.7. The van der Waals surface area contributed by atoms with E-state index in [1.54, 1.807) is 0 Å². The smallest absolute Gasteiger partial charge is 0.421 e. The van der Waals surface area contributed by atoms with Gasteiger partial charge < -0.3 is 4.13 Å². The van der Waals surface area contributed by atoms with Crippen molar-refractivity contribution >= 4 is 30.8 Å². The molecule has 0 saturated carbocycles. The molecule has 0 aliphatic rings. The summed E-state index contributed by atoms with van der Waals surface area (Å²) in [5, 5.41) is 2.67. The minimum absolute atomic E-state index is 0.778. The summed E-state index contributed by atoms with van der Waals surface area (Å²) in [6, 6.07) is 15.1. The maximum atomic E-state index is 11.4. The van der Waals surface area contributed by atoms with E-state index in [1.165, 1.54) is 29.2 Å². The Labute approximate surface area is 198 Å². The molecule has 0 amide bonds. The molecule has 0 N–H and O–H groups in total. The summed E-state index contributed by atoms with van der Waals surface area (Å²) >= 11 is 0. The predicted molar refractivity (Wildman–Crippen MR) is 116 cm³/mol. The number of hydrogen-bond acceptors (Lipinski definition) is 4. The van der Waals surface area contributed by atoms with Gasteiger partial charge >= 0.3 is 11.0 Å². The van der Waals surface area contributed by atoms with E-state index in [1.807, 2.05) is 0 Å². The molecule has 2 aromatic carbocycles. The Bertz CT molecular complexity index is 1300. The van der Waals surface area contributed by atoms with Crippen LogP contribution in [0.15, 0.2) is 61.2 Å². The molecule has 1 heterocycles. The number of unbranched alkanes of at least 4 members (excludes halogenated alkanes) is 1. The second kappa shape index (κ2) is 11.0. The van der Waals surface area contributed by atoms with Crippen molar-refractivity contribution in [1.29, 1.82) is 0 Å². The number of rotatable bonds is 7. The fraction of sp³-hybridized carbons (Fsp3) is 0.350. The van der Waals surface area contributed by atoms with E-state index in [4.69, 9.17) is 0 Å². The van der Waals surface area contributed by atoms with Crippen LogP contribution in [0, 0.1) is 0 Å². The minimum Gasteiger partial charge on any atom is -0.421 e. The van der Waals surface area contributed by atoms with Gasteiger partial charge in [-0.3, -0.25) is 0 Å². The SMILES string of the molecule is CCCCn1cc[n+](Cc2cccc3ccccc23)c1.O=S(=O)([N-]S(=O)(=O)C(F)(F)F)C(F)(F)F. The highest BCUT2D eigenvalue weighted by atomic mass is 32.3. The number of benzene rings is 2. The Balaban J connectivity index is 0.000000260. The average molecular weight is 546 g/mol.